The van der Waals surface area contributed by atoms with Crippen molar-refractivity contribution in [3.05, 3.63) is 64.5 Å². The van der Waals surface area contributed by atoms with Gasteiger partial charge in [-0.25, -0.2) is 9.37 Å². The van der Waals surface area contributed by atoms with Gasteiger partial charge in [-0.15, -0.1) is 11.3 Å². The molecule has 0 unspecified atom stereocenters. The number of nitrogens with one attached hydrogen (secondary N) is 1. The number of phenols is 1. The number of aromatic hydroxyl groups is 1. The second-order valence-electron chi connectivity index (χ2n) is 5.70. The minimum absolute atomic E-state index is 0.102. The lowest BCUT2D eigenvalue weighted by Crippen LogP contribution is -1.97. The Morgan fingerprint density at radius 3 is 2.54 bits per heavy atom. The predicted octanol–water partition coefficient (Wildman–Crippen LogP) is 5.91. The molecule has 2 N–H and O–H groups in total. The molecule has 0 fully saturated rings. The number of halogens is 2. The first-order valence-corrected chi connectivity index (χ1v) is 9.00. The molecule has 0 aliphatic carbocycles. The average Bonchev–Trinajstić information content (AvgIpc) is 2.93. The largest absolute Gasteiger partial charge is 0.506 e. The second kappa shape index (κ2) is 6.55. The number of anilines is 2. The summed E-state index contributed by atoms with van der Waals surface area (Å²) in [4.78, 5) is 10.4. The van der Waals surface area contributed by atoms with Gasteiger partial charge in [-0.2, -0.15) is 4.98 Å². The summed E-state index contributed by atoms with van der Waals surface area (Å²) in [6, 6.07) is 13.2. The van der Waals surface area contributed by atoms with Crippen LogP contribution >= 0.6 is 22.9 Å². The number of rotatable bonds is 3. The number of aromatic nitrogens is 2. The molecule has 7 heteroatoms. The Hall–Kier alpha value is -2.70. The van der Waals surface area contributed by atoms with Gasteiger partial charge in [-0.1, -0.05) is 24.3 Å². The maximum atomic E-state index is 13.3. The normalized spacial score (nSPS) is 11.0. The van der Waals surface area contributed by atoms with E-state index < -0.39 is 0 Å². The molecule has 4 rings (SSSR count). The van der Waals surface area contributed by atoms with Gasteiger partial charge < -0.3 is 10.4 Å². The van der Waals surface area contributed by atoms with Crippen LogP contribution in [0.3, 0.4) is 0 Å². The van der Waals surface area contributed by atoms with Crippen molar-refractivity contribution in [2.24, 2.45) is 0 Å². The molecule has 2 aromatic heterocycles. The molecule has 26 heavy (non-hydrogen) atoms. The van der Waals surface area contributed by atoms with Crippen LogP contribution in [0.5, 0.6) is 5.75 Å². The first-order valence-electron chi connectivity index (χ1n) is 7.80. The zero-order chi connectivity index (χ0) is 18.3. The number of hydrogen-bond acceptors (Lipinski definition) is 5. The van der Waals surface area contributed by atoms with Crippen molar-refractivity contribution in [3.63, 3.8) is 0 Å². The van der Waals surface area contributed by atoms with E-state index >= 15 is 0 Å². The van der Waals surface area contributed by atoms with E-state index in [1.807, 2.05) is 13.0 Å². The molecule has 0 aliphatic heterocycles. The van der Waals surface area contributed by atoms with Gasteiger partial charge in [0.1, 0.15) is 22.2 Å². The summed E-state index contributed by atoms with van der Waals surface area (Å²) in [6.45, 7) is 1.97. The van der Waals surface area contributed by atoms with E-state index in [1.165, 1.54) is 23.5 Å². The van der Waals surface area contributed by atoms with Crippen molar-refractivity contribution in [1.82, 2.24) is 9.97 Å². The van der Waals surface area contributed by atoms with Crippen LogP contribution in [0.4, 0.5) is 15.9 Å². The molecule has 4 nitrogen and oxygen atoms in total. The zero-order valence-electron chi connectivity index (χ0n) is 13.6. The minimum Gasteiger partial charge on any atom is -0.506 e. The third-order valence-corrected chi connectivity index (χ3v) is 5.16. The summed E-state index contributed by atoms with van der Waals surface area (Å²) >= 11 is 7.58. The van der Waals surface area contributed by atoms with Crippen molar-refractivity contribution >= 4 is 44.7 Å². The predicted molar refractivity (Wildman–Crippen MR) is 104 cm³/mol. The maximum absolute atomic E-state index is 13.3. The molecule has 0 aliphatic rings. The van der Waals surface area contributed by atoms with E-state index in [4.69, 9.17) is 11.6 Å². The fraction of sp³-hybridized carbons (Fsp3) is 0.0526. The number of aryl methyl sites for hydroxylation is 1. The van der Waals surface area contributed by atoms with Gasteiger partial charge in [-0.3, -0.25) is 0 Å². The standard InChI is InChI=1S/C19H13ClFN3OS/c1-10-15(11-6-8-12(21)9-7-11)16-17(23-19(20)24-18(16)26-10)22-13-4-2-3-5-14(13)25/h2-9,25H,1H3,(H,22,23,24). The first kappa shape index (κ1) is 16.8. The van der Waals surface area contributed by atoms with E-state index in [9.17, 15) is 9.50 Å². The highest BCUT2D eigenvalue weighted by Gasteiger charge is 2.19. The number of hydrogen-bond donors (Lipinski definition) is 2. The highest BCUT2D eigenvalue weighted by molar-refractivity contribution is 7.19. The number of benzene rings is 2. The molecule has 0 radical (unpaired) electrons. The summed E-state index contributed by atoms with van der Waals surface area (Å²) in [5.74, 6) is 0.300. The lowest BCUT2D eigenvalue weighted by Gasteiger charge is -2.11. The molecule has 2 aromatic carbocycles. The van der Waals surface area contributed by atoms with Gasteiger partial charge in [0.25, 0.3) is 0 Å². The molecule has 2 heterocycles. The van der Waals surface area contributed by atoms with Crippen LogP contribution in [0.25, 0.3) is 21.3 Å². The van der Waals surface area contributed by atoms with Gasteiger partial charge >= 0.3 is 0 Å². The van der Waals surface area contributed by atoms with Crippen LogP contribution < -0.4 is 5.32 Å². The molecule has 0 bridgehead atoms. The average molecular weight is 386 g/mol. The van der Waals surface area contributed by atoms with Crippen molar-refractivity contribution in [2.75, 3.05) is 5.32 Å². The van der Waals surface area contributed by atoms with Crippen LogP contribution in [0.15, 0.2) is 48.5 Å². The van der Waals surface area contributed by atoms with Crippen LogP contribution in [-0.2, 0) is 0 Å². The molecule has 4 aromatic rings. The van der Waals surface area contributed by atoms with Crippen LogP contribution in [0.2, 0.25) is 5.28 Å². The Labute approximate surface area is 157 Å². The molecule has 0 spiro atoms. The molecule has 0 amide bonds. The van der Waals surface area contributed by atoms with Crippen LogP contribution in [0, 0.1) is 12.7 Å². The van der Waals surface area contributed by atoms with Crippen LogP contribution in [-0.4, -0.2) is 15.1 Å². The lowest BCUT2D eigenvalue weighted by atomic mass is 10.0. The first-order chi connectivity index (χ1) is 12.5. The zero-order valence-corrected chi connectivity index (χ0v) is 15.2. The van der Waals surface area contributed by atoms with Gasteiger partial charge in [0, 0.05) is 10.4 Å². The Morgan fingerprint density at radius 1 is 1.08 bits per heavy atom. The molecular formula is C19H13ClFN3OS. The van der Waals surface area contributed by atoms with Crippen molar-refractivity contribution in [2.45, 2.75) is 6.92 Å². The lowest BCUT2D eigenvalue weighted by molar-refractivity contribution is 0.478. The third kappa shape index (κ3) is 2.98. The van der Waals surface area contributed by atoms with Gasteiger partial charge in [-0.05, 0) is 48.4 Å². The van der Waals surface area contributed by atoms with Crippen LogP contribution in [0.1, 0.15) is 4.88 Å². The third-order valence-electron chi connectivity index (χ3n) is 3.99. The minimum atomic E-state index is -0.294. The fourth-order valence-electron chi connectivity index (χ4n) is 2.85. The smallest absolute Gasteiger partial charge is 0.225 e. The summed E-state index contributed by atoms with van der Waals surface area (Å²) in [5, 5.41) is 14.1. The van der Waals surface area contributed by atoms with E-state index in [0.29, 0.717) is 11.5 Å². The molecule has 0 saturated carbocycles. The Morgan fingerprint density at radius 2 is 1.81 bits per heavy atom. The van der Waals surface area contributed by atoms with E-state index in [2.05, 4.69) is 15.3 Å². The second-order valence-corrected chi connectivity index (χ2v) is 7.24. The molecule has 0 atom stereocenters. The van der Waals surface area contributed by atoms with Gasteiger partial charge in [0.15, 0.2) is 0 Å². The summed E-state index contributed by atoms with van der Waals surface area (Å²) in [6.07, 6.45) is 0. The number of thiophene rings is 1. The monoisotopic (exact) mass is 385 g/mol. The van der Waals surface area contributed by atoms with Crippen molar-refractivity contribution in [3.8, 4) is 16.9 Å². The van der Waals surface area contributed by atoms with E-state index in [1.54, 1.807) is 30.3 Å². The number of fused-ring (bicyclic) bond motifs is 1. The van der Waals surface area contributed by atoms with E-state index in [0.717, 1.165) is 26.2 Å². The fourth-order valence-corrected chi connectivity index (χ4v) is 4.11. The van der Waals surface area contributed by atoms with Crippen molar-refractivity contribution in [1.29, 1.82) is 0 Å². The topological polar surface area (TPSA) is 58.0 Å². The van der Waals surface area contributed by atoms with Gasteiger partial charge in [0.05, 0.1) is 11.1 Å². The SMILES string of the molecule is Cc1sc2nc(Cl)nc(Nc3ccccc3O)c2c1-c1ccc(F)cc1. The Kier molecular flexibility index (Phi) is 4.22. The highest BCUT2D eigenvalue weighted by atomic mass is 35.5. The maximum Gasteiger partial charge on any atom is 0.225 e. The molecule has 130 valence electrons. The molecular weight excluding hydrogens is 373 g/mol. The summed E-state index contributed by atoms with van der Waals surface area (Å²) < 4.78 is 13.3. The number of phenolic OH excluding ortho intramolecular Hbond substituents is 1. The summed E-state index contributed by atoms with van der Waals surface area (Å²) in [5.41, 5.74) is 2.29. The molecule has 0 saturated heterocycles. The Balaban J connectivity index is 1.95. The quantitative estimate of drug-likeness (QED) is 0.340. The van der Waals surface area contributed by atoms with Crippen molar-refractivity contribution < 1.29 is 9.50 Å². The Bertz CT molecular complexity index is 1110. The number of para-hydroxylation sites is 2. The number of nitrogens with zero attached hydrogens (tertiary/aromatic N) is 2. The summed E-state index contributed by atoms with van der Waals surface area (Å²) in [7, 11) is 0. The highest BCUT2D eigenvalue weighted by Crippen LogP contribution is 2.42. The van der Waals surface area contributed by atoms with Gasteiger partial charge in [0.2, 0.25) is 5.28 Å². The van der Waals surface area contributed by atoms with E-state index in [-0.39, 0.29) is 16.9 Å².